The van der Waals surface area contributed by atoms with Crippen LogP contribution in [0.15, 0.2) is 47.6 Å². The van der Waals surface area contributed by atoms with E-state index in [0.717, 1.165) is 16.3 Å². The normalized spacial score (nSPS) is 11.2. The molecule has 8 heteroatoms. The molecule has 0 aliphatic heterocycles. The van der Waals surface area contributed by atoms with Gasteiger partial charge in [-0.05, 0) is 34.0 Å². The van der Waals surface area contributed by atoms with Crippen LogP contribution in [-0.4, -0.2) is 12.1 Å². The summed E-state index contributed by atoms with van der Waals surface area (Å²) in [5.41, 5.74) is 8.91. The van der Waals surface area contributed by atoms with Crippen molar-refractivity contribution in [1.29, 1.82) is 0 Å². The fourth-order valence-corrected chi connectivity index (χ4v) is 2.85. The molecule has 3 rings (SSSR count). The number of rotatable bonds is 3. The predicted molar refractivity (Wildman–Crippen MR) is 101 cm³/mol. The molecule has 25 heavy (non-hydrogen) atoms. The Balaban J connectivity index is 1.78. The molecule has 0 saturated heterocycles. The number of carbonyl (C=O) groups excluding carboxylic acids is 1. The van der Waals surface area contributed by atoms with Crippen LogP contribution in [0.3, 0.4) is 0 Å². The molecule has 0 fully saturated rings. The van der Waals surface area contributed by atoms with Crippen LogP contribution < -0.4 is 16.1 Å². The fourth-order valence-electron chi connectivity index (χ4n) is 2.23. The third kappa shape index (κ3) is 3.69. The molecular weight excluding hydrogens is 383 g/mol. The smallest absolute Gasteiger partial charge is 0.337 e. The lowest BCUT2D eigenvalue weighted by Gasteiger charge is -2.03. The molecule has 4 N–H and O–H groups in total. The number of nitrogens with zero attached hydrogens (tertiary/aromatic N) is 1. The Kier molecular flexibility index (Phi) is 5.08. The minimum absolute atomic E-state index is 0.0206. The highest BCUT2D eigenvalue weighted by atomic mass is 35.5. The average molecular weight is 395 g/mol. The molecule has 1 amide bonds. The highest BCUT2D eigenvalue weighted by Crippen LogP contribution is 2.31. The minimum Gasteiger partial charge on any atom is -0.396 e. The number of anilines is 1. The van der Waals surface area contributed by atoms with E-state index in [2.05, 4.69) is 15.5 Å². The Morgan fingerprint density at radius 1 is 1.08 bits per heavy atom. The van der Waals surface area contributed by atoms with E-state index in [1.807, 2.05) is 42.5 Å². The van der Waals surface area contributed by atoms with Gasteiger partial charge < -0.3 is 5.73 Å². The van der Waals surface area contributed by atoms with Crippen LogP contribution >= 0.6 is 34.8 Å². The molecular formula is C17H12Cl3N4O+. The number of pyridine rings is 1. The summed E-state index contributed by atoms with van der Waals surface area (Å²) in [7, 11) is 0. The number of H-pyrrole nitrogens is 1. The molecule has 0 aliphatic rings. The molecule has 1 aromatic heterocycles. The van der Waals surface area contributed by atoms with Gasteiger partial charge in [0.15, 0.2) is 0 Å². The number of hydrazone groups is 1. The van der Waals surface area contributed by atoms with Crippen LogP contribution in [0, 0.1) is 0 Å². The van der Waals surface area contributed by atoms with Crippen molar-refractivity contribution >= 4 is 63.4 Å². The van der Waals surface area contributed by atoms with Crippen molar-refractivity contribution in [3.8, 4) is 0 Å². The number of amides is 1. The summed E-state index contributed by atoms with van der Waals surface area (Å²) in [6.07, 6.45) is 1.53. The number of hydrogen-bond donors (Lipinski definition) is 2. The summed E-state index contributed by atoms with van der Waals surface area (Å²) < 4.78 is 0. The van der Waals surface area contributed by atoms with Crippen molar-refractivity contribution in [2.75, 3.05) is 5.73 Å². The van der Waals surface area contributed by atoms with E-state index < -0.39 is 5.91 Å². The highest BCUT2D eigenvalue weighted by molar-refractivity contribution is 6.45. The molecule has 2 aromatic carbocycles. The Hall–Kier alpha value is -2.34. The first kappa shape index (κ1) is 17.5. The van der Waals surface area contributed by atoms with E-state index in [-0.39, 0.29) is 26.6 Å². The van der Waals surface area contributed by atoms with E-state index in [0.29, 0.717) is 0 Å². The van der Waals surface area contributed by atoms with Crippen molar-refractivity contribution < 1.29 is 9.78 Å². The van der Waals surface area contributed by atoms with Gasteiger partial charge in [0.05, 0.1) is 11.9 Å². The molecule has 0 unspecified atom stereocenters. The maximum absolute atomic E-state index is 12.2. The van der Waals surface area contributed by atoms with Crippen molar-refractivity contribution in [1.82, 2.24) is 5.43 Å². The lowest BCUT2D eigenvalue weighted by molar-refractivity contribution is -0.379. The lowest BCUT2D eigenvalue weighted by Crippen LogP contribution is -2.28. The van der Waals surface area contributed by atoms with Crippen LogP contribution in [0.4, 0.5) is 5.69 Å². The summed E-state index contributed by atoms with van der Waals surface area (Å²) in [5, 5.41) is 6.18. The zero-order chi connectivity index (χ0) is 18.0. The highest BCUT2D eigenvalue weighted by Gasteiger charge is 2.25. The van der Waals surface area contributed by atoms with Gasteiger partial charge in [-0.25, -0.2) is 5.43 Å². The van der Waals surface area contributed by atoms with Gasteiger partial charge in [-0.1, -0.05) is 59.6 Å². The van der Waals surface area contributed by atoms with Crippen molar-refractivity contribution in [2.45, 2.75) is 0 Å². The van der Waals surface area contributed by atoms with Gasteiger partial charge in [0.2, 0.25) is 0 Å². The van der Waals surface area contributed by atoms with Crippen LogP contribution in [0.25, 0.3) is 10.8 Å². The molecule has 5 nitrogen and oxygen atoms in total. The SMILES string of the molecule is Nc1c(Cl)c(Cl)[nH+]c(C(=O)N/N=C\c2ccc3ccccc3c2)c1Cl. The summed E-state index contributed by atoms with van der Waals surface area (Å²) in [6.45, 7) is 0. The molecule has 0 saturated carbocycles. The van der Waals surface area contributed by atoms with Gasteiger partial charge >= 0.3 is 5.91 Å². The van der Waals surface area contributed by atoms with E-state index in [1.165, 1.54) is 6.21 Å². The van der Waals surface area contributed by atoms with Gasteiger partial charge in [-0.2, -0.15) is 10.1 Å². The largest absolute Gasteiger partial charge is 0.396 e. The second-order valence-electron chi connectivity index (χ2n) is 5.16. The van der Waals surface area contributed by atoms with Crippen molar-refractivity contribution in [3.05, 3.63) is 68.9 Å². The third-order valence-corrected chi connectivity index (χ3v) is 4.67. The van der Waals surface area contributed by atoms with Gasteiger partial charge in [-0.15, -0.1) is 0 Å². The first-order valence-corrected chi connectivity index (χ1v) is 8.28. The number of nitrogens with one attached hydrogen (secondary N) is 2. The first-order chi connectivity index (χ1) is 12.0. The minimum atomic E-state index is -0.590. The standard InChI is InChI=1S/C17H11Cl3N4O/c18-12-14(21)13(19)16(20)23-15(12)17(25)24-22-8-9-5-6-10-3-1-2-4-11(10)7-9/h1-8H,(H2,21,23)(H,24,25)/p+1/b22-8-. The van der Waals surface area contributed by atoms with E-state index >= 15 is 0 Å². The van der Waals surface area contributed by atoms with Gasteiger partial charge in [0, 0.05) is 0 Å². The first-order valence-electron chi connectivity index (χ1n) is 7.15. The lowest BCUT2D eigenvalue weighted by atomic mass is 10.1. The zero-order valence-corrected chi connectivity index (χ0v) is 15.0. The number of hydrogen-bond acceptors (Lipinski definition) is 3. The van der Waals surface area contributed by atoms with E-state index in [1.54, 1.807) is 0 Å². The van der Waals surface area contributed by atoms with E-state index in [4.69, 9.17) is 40.5 Å². The summed E-state index contributed by atoms with van der Waals surface area (Å²) >= 11 is 17.7. The van der Waals surface area contributed by atoms with Crippen LogP contribution in [-0.2, 0) is 0 Å². The topological polar surface area (TPSA) is 81.6 Å². The number of nitrogens with two attached hydrogens (primary N) is 1. The van der Waals surface area contributed by atoms with Gasteiger partial charge in [0.1, 0.15) is 10.0 Å². The summed E-state index contributed by atoms with van der Waals surface area (Å²) in [4.78, 5) is 14.8. The molecule has 126 valence electrons. The number of halogens is 3. The monoisotopic (exact) mass is 393 g/mol. The maximum Gasteiger partial charge on any atom is 0.337 e. The van der Waals surface area contributed by atoms with Crippen molar-refractivity contribution in [3.63, 3.8) is 0 Å². The number of nitrogen functional groups attached to an aromatic ring is 1. The van der Waals surface area contributed by atoms with E-state index in [9.17, 15) is 4.79 Å². The van der Waals surface area contributed by atoms with Crippen LogP contribution in [0.5, 0.6) is 0 Å². The number of benzene rings is 2. The Morgan fingerprint density at radius 3 is 2.56 bits per heavy atom. The number of aromatic amines is 1. The molecule has 3 aromatic rings. The molecule has 0 radical (unpaired) electrons. The molecule has 1 heterocycles. The van der Waals surface area contributed by atoms with Gasteiger partial charge in [0.25, 0.3) is 10.8 Å². The Labute approximate surface area is 158 Å². The van der Waals surface area contributed by atoms with Gasteiger partial charge in [-0.3, -0.25) is 4.79 Å². The predicted octanol–water partition coefficient (Wildman–Crippen LogP) is 3.96. The molecule has 0 atom stereocenters. The maximum atomic E-state index is 12.2. The molecule has 0 bridgehead atoms. The number of fused-ring (bicyclic) bond motifs is 1. The fraction of sp³-hybridized carbons (Fsp3) is 0. The Morgan fingerprint density at radius 2 is 1.80 bits per heavy atom. The second-order valence-corrected chi connectivity index (χ2v) is 6.30. The van der Waals surface area contributed by atoms with Crippen LogP contribution in [0.1, 0.15) is 16.1 Å². The summed E-state index contributed by atoms with van der Waals surface area (Å²) in [6, 6.07) is 13.8. The average Bonchev–Trinajstić information content (AvgIpc) is 2.62. The number of carbonyl (C=O) groups is 1. The second kappa shape index (κ2) is 7.27. The zero-order valence-electron chi connectivity index (χ0n) is 12.7. The molecule has 0 spiro atoms. The van der Waals surface area contributed by atoms with Crippen molar-refractivity contribution in [2.24, 2.45) is 5.10 Å². The quantitative estimate of drug-likeness (QED) is 0.400. The summed E-state index contributed by atoms with van der Waals surface area (Å²) in [5.74, 6) is -0.590. The Bertz CT molecular complexity index is 1000. The molecule has 0 aliphatic carbocycles. The third-order valence-electron chi connectivity index (χ3n) is 3.50. The number of aromatic nitrogens is 1. The van der Waals surface area contributed by atoms with Crippen LogP contribution in [0.2, 0.25) is 15.2 Å².